The number of hydrogen-bond acceptors (Lipinski definition) is 5. The van der Waals surface area contributed by atoms with Gasteiger partial charge in [0.25, 0.3) is 5.56 Å². The van der Waals surface area contributed by atoms with Crippen LogP contribution in [-0.2, 0) is 16.1 Å². The zero-order chi connectivity index (χ0) is 23.7. The zero-order valence-electron chi connectivity index (χ0n) is 19.5. The van der Waals surface area contributed by atoms with Crippen LogP contribution in [0.25, 0.3) is 22.3 Å². The molecule has 0 unspecified atom stereocenters. The summed E-state index contributed by atoms with van der Waals surface area (Å²) in [7, 11) is 1.32. The fourth-order valence-corrected chi connectivity index (χ4v) is 5.54. The van der Waals surface area contributed by atoms with Gasteiger partial charge in [-0.15, -0.1) is 0 Å². The molecule has 0 radical (unpaired) electrons. The van der Waals surface area contributed by atoms with Gasteiger partial charge in [0.15, 0.2) is 0 Å². The minimum absolute atomic E-state index is 0.203. The standard InChI is InChI=1S/C27H30ClN3O3/c1-34-25(32)17-31-26(20-6-5-7-22(28)14-20)29-24-9-8-19(15-23(24)27(31)33)21-12-18(13-21)16-30-10-3-2-4-11-30/h5-9,14-15,18,21H,2-4,10-13,16-17H2,1H3. The minimum Gasteiger partial charge on any atom is -0.468 e. The number of carbonyl (C=O) groups excluding carboxylic acids is 1. The summed E-state index contributed by atoms with van der Waals surface area (Å²) in [6, 6.07) is 13.1. The molecule has 7 heteroatoms. The molecule has 0 amide bonds. The minimum atomic E-state index is -0.498. The van der Waals surface area contributed by atoms with Gasteiger partial charge in [0.2, 0.25) is 0 Å². The van der Waals surface area contributed by atoms with Crippen molar-refractivity contribution in [3.8, 4) is 11.4 Å². The van der Waals surface area contributed by atoms with E-state index in [-0.39, 0.29) is 12.1 Å². The van der Waals surface area contributed by atoms with E-state index in [0.29, 0.717) is 33.2 Å². The Morgan fingerprint density at radius 2 is 1.91 bits per heavy atom. The van der Waals surface area contributed by atoms with Gasteiger partial charge < -0.3 is 9.64 Å². The number of likely N-dealkylation sites (tertiary alicyclic amines) is 1. The molecule has 0 atom stereocenters. The molecule has 2 aromatic carbocycles. The number of piperidine rings is 1. The van der Waals surface area contributed by atoms with Gasteiger partial charge in [-0.1, -0.05) is 36.2 Å². The number of fused-ring (bicyclic) bond motifs is 1. The van der Waals surface area contributed by atoms with Crippen molar-refractivity contribution in [2.45, 2.75) is 44.6 Å². The Morgan fingerprint density at radius 3 is 2.65 bits per heavy atom. The third-order valence-corrected chi connectivity index (χ3v) is 7.48. The summed E-state index contributed by atoms with van der Waals surface area (Å²) in [4.78, 5) is 33.0. The van der Waals surface area contributed by atoms with Crippen LogP contribution in [0.15, 0.2) is 47.3 Å². The largest absolute Gasteiger partial charge is 0.468 e. The number of methoxy groups -OCH3 is 1. The van der Waals surface area contributed by atoms with E-state index in [4.69, 9.17) is 21.3 Å². The molecular weight excluding hydrogens is 450 g/mol. The van der Waals surface area contributed by atoms with Gasteiger partial charge in [-0.3, -0.25) is 14.2 Å². The molecule has 0 spiro atoms. The maximum Gasteiger partial charge on any atom is 0.325 e. The molecule has 0 N–H and O–H groups in total. The highest BCUT2D eigenvalue weighted by Gasteiger charge is 2.32. The van der Waals surface area contributed by atoms with Crippen molar-refractivity contribution in [3.63, 3.8) is 0 Å². The predicted molar refractivity (Wildman–Crippen MR) is 134 cm³/mol. The van der Waals surface area contributed by atoms with Gasteiger partial charge in [-0.25, -0.2) is 4.98 Å². The summed E-state index contributed by atoms with van der Waals surface area (Å²) in [5, 5.41) is 1.07. The first-order chi connectivity index (χ1) is 16.5. The fourth-order valence-electron chi connectivity index (χ4n) is 5.34. The van der Waals surface area contributed by atoms with E-state index in [9.17, 15) is 9.59 Å². The average molecular weight is 480 g/mol. The quantitative estimate of drug-likeness (QED) is 0.472. The third-order valence-electron chi connectivity index (χ3n) is 7.25. The van der Waals surface area contributed by atoms with Crippen molar-refractivity contribution in [1.29, 1.82) is 0 Å². The smallest absolute Gasteiger partial charge is 0.325 e. The molecule has 3 aromatic rings. The second kappa shape index (κ2) is 9.88. The van der Waals surface area contributed by atoms with Gasteiger partial charge >= 0.3 is 5.97 Å². The number of hydrogen-bond donors (Lipinski definition) is 0. The van der Waals surface area contributed by atoms with E-state index >= 15 is 0 Å². The maximum absolute atomic E-state index is 13.5. The van der Waals surface area contributed by atoms with E-state index in [2.05, 4.69) is 11.0 Å². The third kappa shape index (κ3) is 4.75. The molecule has 1 aliphatic heterocycles. The molecule has 2 fully saturated rings. The summed E-state index contributed by atoms with van der Waals surface area (Å²) in [6.45, 7) is 3.46. The predicted octanol–water partition coefficient (Wildman–Crippen LogP) is 4.87. The number of benzene rings is 2. The zero-order valence-corrected chi connectivity index (χ0v) is 20.3. The summed E-state index contributed by atoms with van der Waals surface area (Å²) in [5.74, 6) is 1.11. The van der Waals surface area contributed by atoms with Crippen molar-refractivity contribution >= 4 is 28.5 Å². The highest BCUT2D eigenvalue weighted by Crippen LogP contribution is 2.42. The molecule has 5 rings (SSSR count). The van der Waals surface area contributed by atoms with Crippen LogP contribution in [0, 0.1) is 5.92 Å². The molecule has 34 heavy (non-hydrogen) atoms. The number of rotatable bonds is 6. The van der Waals surface area contributed by atoms with E-state index in [1.165, 1.54) is 56.1 Å². The second-order valence-corrected chi connectivity index (χ2v) is 10.0. The molecule has 1 aliphatic carbocycles. The highest BCUT2D eigenvalue weighted by molar-refractivity contribution is 6.30. The lowest BCUT2D eigenvalue weighted by atomic mass is 9.71. The summed E-state index contributed by atoms with van der Waals surface area (Å²) in [5.41, 5.74) is 2.24. The fraction of sp³-hybridized carbons (Fsp3) is 0.444. The normalized spacial score (nSPS) is 20.8. The molecule has 1 aromatic heterocycles. The van der Waals surface area contributed by atoms with Gasteiger partial charge in [-0.2, -0.15) is 0 Å². The molecule has 178 valence electrons. The number of esters is 1. The van der Waals surface area contributed by atoms with Gasteiger partial charge in [-0.05, 0) is 80.4 Å². The van der Waals surface area contributed by atoms with Crippen molar-refractivity contribution in [2.24, 2.45) is 5.92 Å². The lowest BCUT2D eigenvalue weighted by molar-refractivity contribution is -0.141. The number of aromatic nitrogens is 2. The Balaban J connectivity index is 1.44. The molecule has 6 nitrogen and oxygen atoms in total. The average Bonchev–Trinajstić information content (AvgIpc) is 2.83. The number of carbonyl (C=O) groups is 1. The first-order valence-corrected chi connectivity index (χ1v) is 12.5. The van der Waals surface area contributed by atoms with Crippen LogP contribution < -0.4 is 5.56 Å². The monoisotopic (exact) mass is 479 g/mol. The Kier molecular flexibility index (Phi) is 6.70. The van der Waals surface area contributed by atoms with Gasteiger partial charge in [0.1, 0.15) is 12.4 Å². The van der Waals surface area contributed by atoms with E-state index < -0.39 is 5.97 Å². The van der Waals surface area contributed by atoms with Crippen molar-refractivity contribution < 1.29 is 9.53 Å². The van der Waals surface area contributed by atoms with Crippen LogP contribution in [0.3, 0.4) is 0 Å². The summed E-state index contributed by atoms with van der Waals surface area (Å²) >= 11 is 6.18. The number of ether oxygens (including phenoxy) is 1. The van der Waals surface area contributed by atoms with E-state index in [0.717, 1.165) is 18.8 Å². The summed E-state index contributed by atoms with van der Waals surface area (Å²) < 4.78 is 6.23. The lowest BCUT2D eigenvalue weighted by Gasteiger charge is -2.40. The lowest BCUT2D eigenvalue weighted by Crippen LogP contribution is -2.38. The van der Waals surface area contributed by atoms with E-state index in [1.807, 2.05) is 18.2 Å². The molecule has 1 saturated carbocycles. The topological polar surface area (TPSA) is 64.4 Å². The van der Waals surface area contributed by atoms with E-state index in [1.54, 1.807) is 18.2 Å². The highest BCUT2D eigenvalue weighted by atomic mass is 35.5. The molecule has 2 aliphatic rings. The number of halogens is 1. The van der Waals surface area contributed by atoms with Crippen LogP contribution in [0.5, 0.6) is 0 Å². The molecule has 0 bridgehead atoms. The summed E-state index contributed by atoms with van der Waals surface area (Å²) in [6.07, 6.45) is 6.33. The first-order valence-electron chi connectivity index (χ1n) is 12.1. The molecule has 1 saturated heterocycles. The van der Waals surface area contributed by atoms with Crippen LogP contribution >= 0.6 is 11.6 Å². The Labute approximate surface area is 204 Å². The molecule has 2 heterocycles. The van der Waals surface area contributed by atoms with Crippen molar-refractivity contribution in [1.82, 2.24) is 14.5 Å². The number of nitrogens with zero attached hydrogens (tertiary/aromatic N) is 3. The van der Waals surface area contributed by atoms with Crippen LogP contribution in [0.2, 0.25) is 5.02 Å². The Morgan fingerprint density at radius 1 is 1.12 bits per heavy atom. The maximum atomic E-state index is 13.5. The molecular formula is C27H30ClN3O3. The van der Waals surface area contributed by atoms with Crippen LogP contribution in [0.4, 0.5) is 0 Å². The Bertz CT molecular complexity index is 1260. The van der Waals surface area contributed by atoms with Crippen molar-refractivity contribution in [3.05, 3.63) is 63.4 Å². The Hall–Kier alpha value is -2.70. The van der Waals surface area contributed by atoms with Crippen LogP contribution in [-0.4, -0.2) is 47.2 Å². The SMILES string of the molecule is COC(=O)Cn1c(-c2cccc(Cl)c2)nc2ccc(C3CC(CN4CCCCC4)C3)cc2c1=O. The van der Waals surface area contributed by atoms with Gasteiger partial charge in [0.05, 0.1) is 18.0 Å². The second-order valence-electron chi connectivity index (χ2n) is 9.59. The van der Waals surface area contributed by atoms with Crippen molar-refractivity contribution in [2.75, 3.05) is 26.7 Å². The first kappa shape index (κ1) is 23.1. The van der Waals surface area contributed by atoms with Gasteiger partial charge in [0, 0.05) is 17.1 Å². The van der Waals surface area contributed by atoms with Crippen LogP contribution in [0.1, 0.15) is 43.6 Å².